The van der Waals surface area contributed by atoms with E-state index in [9.17, 15) is 0 Å². The van der Waals surface area contributed by atoms with Crippen molar-refractivity contribution in [1.29, 1.82) is 0 Å². The van der Waals surface area contributed by atoms with Crippen LogP contribution >= 0.6 is 23.4 Å². The Labute approximate surface area is 131 Å². The second-order valence-electron chi connectivity index (χ2n) is 5.65. The van der Waals surface area contributed by atoms with Gasteiger partial charge in [0.05, 0.1) is 5.69 Å². The summed E-state index contributed by atoms with van der Waals surface area (Å²) in [6.07, 6.45) is 6.23. The molecule has 0 bridgehead atoms. The maximum absolute atomic E-state index is 6.40. The van der Waals surface area contributed by atoms with Gasteiger partial charge in [-0.25, -0.2) is 0 Å². The van der Waals surface area contributed by atoms with Crippen LogP contribution in [-0.2, 0) is 13.5 Å². The first-order valence-electron chi connectivity index (χ1n) is 7.66. The number of thioether (sulfide) groups is 1. The number of halogens is 1. The van der Waals surface area contributed by atoms with Crippen LogP contribution in [-0.4, -0.2) is 33.4 Å². The number of nitrogens with zero attached hydrogens (tertiary/aromatic N) is 2. The maximum atomic E-state index is 6.40. The molecule has 0 amide bonds. The highest BCUT2D eigenvalue weighted by Crippen LogP contribution is 2.30. The molecule has 2 heterocycles. The van der Waals surface area contributed by atoms with Crippen molar-refractivity contribution in [3.8, 4) is 0 Å². The van der Waals surface area contributed by atoms with Gasteiger partial charge < -0.3 is 5.32 Å². The van der Waals surface area contributed by atoms with Gasteiger partial charge in [0.15, 0.2) is 0 Å². The number of hydrogen-bond acceptors (Lipinski definition) is 3. The van der Waals surface area contributed by atoms with Gasteiger partial charge in [-0.1, -0.05) is 24.9 Å². The maximum Gasteiger partial charge on any atom is 0.130 e. The van der Waals surface area contributed by atoms with Crippen LogP contribution < -0.4 is 5.32 Å². The van der Waals surface area contributed by atoms with Gasteiger partial charge in [-0.3, -0.25) is 4.68 Å². The Balaban J connectivity index is 2.09. The standard InChI is InChI=1S/C15H26ClN3S/c1-4-8-17-13(14-7-5-6-9-20-14)10-12-11(2)18-19(3)15(12)16/h13-14,17H,4-10H2,1-3H3. The Bertz CT molecular complexity index is 427. The van der Waals surface area contributed by atoms with Gasteiger partial charge in [0.2, 0.25) is 0 Å². The van der Waals surface area contributed by atoms with Crippen LogP contribution in [0.25, 0.3) is 0 Å². The lowest BCUT2D eigenvalue weighted by atomic mass is 9.99. The van der Waals surface area contributed by atoms with Crippen molar-refractivity contribution in [1.82, 2.24) is 15.1 Å². The number of aromatic nitrogens is 2. The van der Waals surface area contributed by atoms with Crippen molar-refractivity contribution in [2.24, 2.45) is 7.05 Å². The summed E-state index contributed by atoms with van der Waals surface area (Å²) in [5.74, 6) is 1.30. The number of aryl methyl sites for hydroxylation is 2. The van der Waals surface area contributed by atoms with Gasteiger partial charge >= 0.3 is 0 Å². The van der Waals surface area contributed by atoms with E-state index in [0.717, 1.165) is 23.8 Å². The van der Waals surface area contributed by atoms with Gasteiger partial charge in [0.1, 0.15) is 5.15 Å². The van der Waals surface area contributed by atoms with Gasteiger partial charge in [-0.05, 0) is 44.9 Å². The van der Waals surface area contributed by atoms with Crippen LogP contribution in [0.1, 0.15) is 43.9 Å². The zero-order valence-electron chi connectivity index (χ0n) is 12.8. The van der Waals surface area contributed by atoms with E-state index in [1.165, 1.54) is 37.0 Å². The number of rotatable bonds is 6. The Morgan fingerprint density at radius 2 is 2.30 bits per heavy atom. The fourth-order valence-corrected chi connectivity index (χ4v) is 4.56. The van der Waals surface area contributed by atoms with Crippen molar-refractivity contribution in [3.05, 3.63) is 16.4 Å². The van der Waals surface area contributed by atoms with Crippen LogP contribution in [0, 0.1) is 6.92 Å². The topological polar surface area (TPSA) is 29.9 Å². The molecule has 1 saturated heterocycles. The zero-order valence-corrected chi connectivity index (χ0v) is 14.4. The lowest BCUT2D eigenvalue weighted by molar-refractivity contribution is 0.461. The summed E-state index contributed by atoms with van der Waals surface area (Å²) in [6.45, 7) is 5.37. The third-order valence-electron chi connectivity index (χ3n) is 4.01. The highest BCUT2D eigenvalue weighted by atomic mass is 35.5. The number of nitrogens with one attached hydrogen (secondary N) is 1. The molecule has 3 nitrogen and oxygen atoms in total. The molecule has 1 N–H and O–H groups in total. The second-order valence-corrected chi connectivity index (χ2v) is 7.35. The van der Waals surface area contributed by atoms with Crippen LogP contribution in [0.2, 0.25) is 5.15 Å². The molecule has 1 aromatic rings. The lowest BCUT2D eigenvalue weighted by Crippen LogP contribution is -2.41. The molecular formula is C15H26ClN3S. The van der Waals surface area contributed by atoms with Gasteiger partial charge in [-0.2, -0.15) is 16.9 Å². The molecule has 0 aromatic carbocycles. The number of hydrogen-bond donors (Lipinski definition) is 1. The highest BCUT2D eigenvalue weighted by Gasteiger charge is 2.26. The lowest BCUT2D eigenvalue weighted by Gasteiger charge is -2.30. The molecule has 2 atom stereocenters. The highest BCUT2D eigenvalue weighted by molar-refractivity contribution is 8.00. The van der Waals surface area contributed by atoms with E-state index in [1.807, 2.05) is 7.05 Å². The Morgan fingerprint density at radius 3 is 2.85 bits per heavy atom. The third-order valence-corrected chi connectivity index (χ3v) is 6.00. The van der Waals surface area contributed by atoms with E-state index >= 15 is 0 Å². The predicted octanol–water partition coefficient (Wildman–Crippen LogP) is 3.58. The minimum absolute atomic E-state index is 0.514. The molecule has 0 saturated carbocycles. The Kier molecular flexibility index (Phi) is 6.24. The summed E-state index contributed by atoms with van der Waals surface area (Å²) >= 11 is 8.52. The monoisotopic (exact) mass is 315 g/mol. The first kappa shape index (κ1) is 16.2. The van der Waals surface area contributed by atoms with E-state index in [-0.39, 0.29) is 0 Å². The average molecular weight is 316 g/mol. The van der Waals surface area contributed by atoms with Gasteiger partial charge in [-0.15, -0.1) is 0 Å². The normalized spacial score (nSPS) is 21.1. The van der Waals surface area contributed by atoms with E-state index in [4.69, 9.17) is 11.6 Å². The van der Waals surface area contributed by atoms with Crippen LogP contribution in [0.5, 0.6) is 0 Å². The zero-order chi connectivity index (χ0) is 14.5. The van der Waals surface area contributed by atoms with Gasteiger partial charge in [0.25, 0.3) is 0 Å². The largest absolute Gasteiger partial charge is 0.313 e. The molecule has 2 rings (SSSR count). The molecule has 5 heteroatoms. The molecule has 0 radical (unpaired) electrons. The minimum atomic E-state index is 0.514. The summed E-state index contributed by atoms with van der Waals surface area (Å²) in [5, 5.41) is 9.69. The van der Waals surface area contributed by atoms with Gasteiger partial charge in [0, 0.05) is 23.9 Å². The molecular weight excluding hydrogens is 290 g/mol. The quantitative estimate of drug-likeness (QED) is 0.870. The molecule has 20 heavy (non-hydrogen) atoms. The van der Waals surface area contributed by atoms with E-state index < -0.39 is 0 Å². The van der Waals surface area contributed by atoms with Crippen molar-refractivity contribution in [3.63, 3.8) is 0 Å². The summed E-state index contributed by atoms with van der Waals surface area (Å²) in [4.78, 5) is 0. The summed E-state index contributed by atoms with van der Waals surface area (Å²) in [7, 11) is 1.92. The van der Waals surface area contributed by atoms with Crippen LogP contribution in [0.15, 0.2) is 0 Å². The fraction of sp³-hybridized carbons (Fsp3) is 0.800. The first-order chi connectivity index (χ1) is 9.63. The van der Waals surface area contributed by atoms with Crippen molar-refractivity contribution in [2.75, 3.05) is 12.3 Å². The van der Waals surface area contributed by atoms with Crippen molar-refractivity contribution < 1.29 is 0 Å². The Morgan fingerprint density at radius 1 is 1.50 bits per heavy atom. The molecule has 0 spiro atoms. The van der Waals surface area contributed by atoms with E-state index in [2.05, 4.69) is 36.0 Å². The predicted molar refractivity (Wildman–Crippen MR) is 88.8 cm³/mol. The third kappa shape index (κ3) is 3.92. The van der Waals surface area contributed by atoms with Crippen LogP contribution in [0.3, 0.4) is 0 Å². The van der Waals surface area contributed by atoms with Crippen molar-refractivity contribution in [2.45, 2.75) is 57.2 Å². The average Bonchev–Trinajstić information content (AvgIpc) is 2.70. The summed E-state index contributed by atoms with van der Waals surface area (Å²) < 4.78 is 1.79. The van der Waals surface area contributed by atoms with E-state index in [1.54, 1.807) is 4.68 Å². The second kappa shape index (κ2) is 7.71. The van der Waals surface area contributed by atoms with E-state index in [0.29, 0.717) is 11.3 Å². The van der Waals surface area contributed by atoms with Crippen LogP contribution in [0.4, 0.5) is 0 Å². The first-order valence-corrected chi connectivity index (χ1v) is 9.09. The summed E-state index contributed by atoms with van der Waals surface area (Å²) in [5.41, 5.74) is 2.29. The smallest absolute Gasteiger partial charge is 0.130 e. The molecule has 0 aliphatic carbocycles. The molecule has 114 valence electrons. The SMILES string of the molecule is CCCNC(Cc1c(C)nn(C)c1Cl)C1CCCCS1. The minimum Gasteiger partial charge on any atom is -0.313 e. The fourth-order valence-electron chi connectivity index (χ4n) is 2.87. The summed E-state index contributed by atoms with van der Waals surface area (Å²) in [6, 6.07) is 0.514. The molecule has 1 aromatic heterocycles. The molecule has 2 unspecified atom stereocenters. The Hall–Kier alpha value is -0.190. The van der Waals surface area contributed by atoms with Crippen molar-refractivity contribution >= 4 is 23.4 Å². The molecule has 1 aliphatic heterocycles. The molecule has 1 fully saturated rings. The molecule has 1 aliphatic rings.